The molecule has 2 aliphatic rings. The van der Waals surface area contributed by atoms with Gasteiger partial charge >= 0.3 is 0 Å². The van der Waals surface area contributed by atoms with Gasteiger partial charge in [0.1, 0.15) is 11.7 Å². The van der Waals surface area contributed by atoms with Gasteiger partial charge in [0.05, 0.1) is 20.3 Å². The molecule has 5 atom stereocenters. The van der Waals surface area contributed by atoms with Gasteiger partial charge in [-0.25, -0.2) is 5.23 Å². The van der Waals surface area contributed by atoms with Crippen LogP contribution in [0.2, 0.25) is 0 Å². The number of methoxy groups -OCH3 is 1. The molecule has 98 valence electrons. The number of ether oxygens (including phenoxy) is 3. The minimum absolute atomic E-state index is 0.193. The average Bonchev–Trinajstić information content (AvgIpc) is 2.71. The van der Waals surface area contributed by atoms with Crippen LogP contribution in [-0.2, 0) is 19.0 Å². The summed E-state index contributed by atoms with van der Waals surface area (Å²) in [6.45, 7) is 6.39. The highest BCUT2D eigenvalue weighted by Gasteiger charge is 2.68. The summed E-state index contributed by atoms with van der Waals surface area (Å²) in [5.41, 5.74) is -1.48. The summed E-state index contributed by atoms with van der Waals surface area (Å²) in [5.74, 6) is 0. The van der Waals surface area contributed by atoms with Crippen LogP contribution in [0.3, 0.4) is 0 Å². The zero-order valence-corrected chi connectivity index (χ0v) is 10.4. The van der Waals surface area contributed by atoms with Gasteiger partial charge in [0.25, 0.3) is 0 Å². The molecule has 2 aliphatic heterocycles. The highest BCUT2D eigenvalue weighted by atomic mass is 16.9. The summed E-state index contributed by atoms with van der Waals surface area (Å²) in [5, 5.41) is 10.7. The van der Waals surface area contributed by atoms with Crippen molar-refractivity contribution in [1.82, 2.24) is 0 Å². The Hall–Kier alpha value is -0.500. The molecule has 1 N–H and O–H groups in total. The van der Waals surface area contributed by atoms with Crippen LogP contribution in [0.4, 0.5) is 0 Å². The van der Waals surface area contributed by atoms with Crippen molar-refractivity contribution in [2.75, 3.05) is 27.4 Å². The van der Waals surface area contributed by atoms with Crippen LogP contribution in [-0.4, -0.2) is 50.8 Å². The van der Waals surface area contributed by atoms with Crippen LogP contribution in [0, 0.1) is 5.21 Å². The summed E-state index contributed by atoms with van der Waals surface area (Å²) in [6.07, 6.45) is 0.996. The maximum atomic E-state index is 11.1. The third kappa shape index (κ3) is 1.64. The number of hydrogen-bond acceptors (Lipinski definition) is 5. The van der Waals surface area contributed by atoms with Gasteiger partial charge in [-0.05, 0) is 6.92 Å². The Morgan fingerprint density at radius 1 is 1.41 bits per heavy atom. The Balaban J connectivity index is 2.29. The fourth-order valence-corrected chi connectivity index (χ4v) is 2.77. The minimum Gasteiger partial charge on any atom is -0.600 e. The summed E-state index contributed by atoms with van der Waals surface area (Å²) < 4.78 is 16.9. The normalized spacial score (nSPS) is 46.8. The first-order valence-electron chi connectivity index (χ1n) is 5.61. The van der Waals surface area contributed by atoms with Crippen molar-refractivity contribution >= 4 is 0 Å². The lowest BCUT2D eigenvalue weighted by Crippen LogP contribution is -3.04. The maximum Gasteiger partial charge on any atom is 0.175 e. The summed E-state index contributed by atoms with van der Waals surface area (Å²) in [7, 11) is 2.98. The molecule has 0 aromatic carbocycles. The molecule has 0 amide bonds. The molecular formula is C11H19NO5. The maximum absolute atomic E-state index is 11.1. The summed E-state index contributed by atoms with van der Waals surface area (Å²) in [4.78, 5) is 5.26. The number of rotatable bonds is 4. The molecule has 0 radical (unpaired) electrons. The molecule has 5 unspecified atom stereocenters. The van der Waals surface area contributed by atoms with Gasteiger partial charge < -0.3 is 19.4 Å². The van der Waals surface area contributed by atoms with Crippen molar-refractivity contribution in [3.05, 3.63) is 17.9 Å². The van der Waals surface area contributed by atoms with Crippen molar-refractivity contribution in [2.24, 2.45) is 0 Å². The van der Waals surface area contributed by atoms with Crippen LogP contribution in [0.5, 0.6) is 0 Å². The van der Waals surface area contributed by atoms with Crippen LogP contribution in [0.15, 0.2) is 12.7 Å². The second-order valence-electron chi connectivity index (χ2n) is 4.55. The lowest BCUT2D eigenvalue weighted by Gasteiger charge is -2.37. The Bertz CT molecular complexity index is 310. The van der Waals surface area contributed by atoms with Gasteiger partial charge in [0.2, 0.25) is 0 Å². The number of hydrogen-bond donors (Lipinski definition) is 1. The fourth-order valence-electron chi connectivity index (χ4n) is 2.77. The number of hydroxylamine groups is 2. The van der Waals surface area contributed by atoms with E-state index in [0.717, 1.165) is 0 Å². The molecule has 0 spiro atoms. The van der Waals surface area contributed by atoms with E-state index in [1.165, 1.54) is 7.05 Å². The Labute approximate surface area is 101 Å². The first kappa shape index (κ1) is 12.9. The zero-order chi connectivity index (χ0) is 12.7. The number of fused-ring (bicyclic) bond motifs is 1. The highest BCUT2D eigenvalue weighted by molar-refractivity contribution is 5.24. The lowest BCUT2D eigenvalue weighted by molar-refractivity contribution is -1.04. The van der Waals surface area contributed by atoms with E-state index in [1.807, 2.05) is 6.92 Å². The molecule has 0 bridgehead atoms. The van der Waals surface area contributed by atoms with E-state index in [2.05, 4.69) is 6.58 Å². The third-order valence-corrected chi connectivity index (χ3v) is 3.77. The molecule has 6 heteroatoms. The monoisotopic (exact) mass is 245 g/mol. The van der Waals surface area contributed by atoms with Crippen molar-refractivity contribution in [3.8, 4) is 0 Å². The van der Waals surface area contributed by atoms with E-state index in [0.29, 0.717) is 13.2 Å². The molecule has 17 heavy (non-hydrogen) atoms. The van der Waals surface area contributed by atoms with Gasteiger partial charge in [-0.3, -0.25) is 0 Å². The third-order valence-electron chi connectivity index (χ3n) is 3.77. The average molecular weight is 245 g/mol. The summed E-state index contributed by atoms with van der Waals surface area (Å²) in [6, 6.07) is 0. The van der Waals surface area contributed by atoms with Crippen LogP contribution in [0.25, 0.3) is 0 Å². The van der Waals surface area contributed by atoms with E-state index < -0.39 is 17.3 Å². The van der Waals surface area contributed by atoms with Gasteiger partial charge in [-0.1, -0.05) is 6.08 Å². The predicted octanol–water partition coefficient (Wildman–Crippen LogP) is -0.942. The van der Waals surface area contributed by atoms with Gasteiger partial charge in [0.15, 0.2) is 11.7 Å². The van der Waals surface area contributed by atoms with Gasteiger partial charge in [-0.15, -0.1) is 6.58 Å². The Kier molecular flexibility index (Phi) is 3.28. The smallest absolute Gasteiger partial charge is 0.175 e. The molecule has 0 aromatic rings. The van der Waals surface area contributed by atoms with Crippen LogP contribution < -0.4 is 5.23 Å². The molecular weight excluding hydrogens is 226 g/mol. The van der Waals surface area contributed by atoms with Gasteiger partial charge in [-0.2, -0.15) is 4.84 Å². The molecule has 0 saturated carbocycles. The van der Waals surface area contributed by atoms with Crippen molar-refractivity contribution in [2.45, 2.75) is 30.3 Å². The van der Waals surface area contributed by atoms with E-state index in [9.17, 15) is 5.21 Å². The molecule has 0 aliphatic carbocycles. The Morgan fingerprint density at radius 3 is 2.59 bits per heavy atom. The number of nitrogens with one attached hydrogen (secondary N) is 1. The molecule has 2 fully saturated rings. The molecule has 2 saturated heterocycles. The quantitative estimate of drug-likeness (QED) is 0.511. The standard InChI is InChI=1S/C11H19NO5/c1-5-11-9(17-12(3)13)7-15-10(11,2)8(14-4)6-16-11/h5,8-9,12H,1,6-7H2,2-4H3. The van der Waals surface area contributed by atoms with E-state index in [1.54, 1.807) is 13.2 Å². The van der Waals surface area contributed by atoms with Crippen molar-refractivity contribution in [1.29, 1.82) is 0 Å². The van der Waals surface area contributed by atoms with E-state index in [-0.39, 0.29) is 11.3 Å². The van der Waals surface area contributed by atoms with Crippen LogP contribution in [0.1, 0.15) is 6.92 Å². The largest absolute Gasteiger partial charge is 0.600 e. The first-order chi connectivity index (χ1) is 8.00. The fraction of sp³-hybridized carbons (Fsp3) is 0.818. The predicted molar refractivity (Wildman–Crippen MR) is 59.2 cm³/mol. The summed E-state index contributed by atoms with van der Waals surface area (Å²) >= 11 is 0. The molecule has 2 heterocycles. The molecule has 2 rings (SSSR count). The zero-order valence-electron chi connectivity index (χ0n) is 10.4. The second kappa shape index (κ2) is 4.31. The van der Waals surface area contributed by atoms with Crippen LogP contribution >= 0.6 is 0 Å². The number of quaternary nitrogens is 1. The van der Waals surface area contributed by atoms with Gasteiger partial charge in [0, 0.05) is 7.11 Å². The van der Waals surface area contributed by atoms with E-state index in [4.69, 9.17) is 19.0 Å². The Morgan fingerprint density at radius 2 is 2.06 bits per heavy atom. The molecule has 0 aromatic heterocycles. The topological polar surface area (TPSA) is 64.4 Å². The lowest BCUT2D eigenvalue weighted by atomic mass is 9.81. The minimum atomic E-state index is -0.820. The first-order valence-corrected chi connectivity index (χ1v) is 5.61. The van der Waals surface area contributed by atoms with Crippen molar-refractivity contribution < 1.29 is 24.3 Å². The highest BCUT2D eigenvalue weighted by Crippen LogP contribution is 2.48. The molecule has 6 nitrogen and oxygen atoms in total. The SMILES string of the molecule is C=CC12OCC(OC)C1(C)OCC2O[NH+](C)[O-]. The van der Waals surface area contributed by atoms with E-state index >= 15 is 0 Å². The van der Waals surface area contributed by atoms with Crippen molar-refractivity contribution in [3.63, 3.8) is 0 Å². The second-order valence-corrected chi connectivity index (χ2v) is 4.55.